The van der Waals surface area contributed by atoms with Gasteiger partial charge in [-0.25, -0.2) is 9.59 Å². The number of amides is 2. The molecule has 2 amide bonds. The minimum absolute atomic E-state index is 0.327. The van der Waals surface area contributed by atoms with Crippen molar-refractivity contribution in [1.82, 2.24) is 10.2 Å². The molecule has 1 unspecified atom stereocenters. The van der Waals surface area contributed by atoms with E-state index in [1.165, 1.54) is 16.2 Å². The molecule has 0 aliphatic rings. The molecule has 0 aromatic carbocycles. The van der Waals surface area contributed by atoms with E-state index in [4.69, 9.17) is 21.4 Å². The zero-order valence-corrected chi connectivity index (χ0v) is 13.5. The average Bonchev–Trinajstić information content (AvgIpc) is 2.82. The largest absolute Gasteiger partial charge is 0.480 e. The van der Waals surface area contributed by atoms with Crippen LogP contribution in [-0.2, 0) is 16.1 Å². The van der Waals surface area contributed by atoms with Crippen LogP contribution in [0.15, 0.2) is 12.1 Å². The van der Waals surface area contributed by atoms with Crippen LogP contribution in [0.2, 0.25) is 4.34 Å². The Bertz CT molecular complexity index is 480. The number of aliphatic carboxylic acids is 1. The summed E-state index contributed by atoms with van der Waals surface area (Å²) in [6.07, 6.45) is 0.894. The lowest BCUT2D eigenvalue weighted by Crippen LogP contribution is -2.46. The molecular formula is C13H19ClN2O4S. The van der Waals surface area contributed by atoms with Gasteiger partial charge < -0.3 is 20.1 Å². The highest BCUT2D eigenvalue weighted by atomic mass is 35.5. The van der Waals surface area contributed by atoms with Crippen LogP contribution in [0.3, 0.4) is 0 Å². The smallest absolute Gasteiger partial charge is 0.326 e. The number of thiophene rings is 1. The molecule has 1 heterocycles. The highest BCUT2D eigenvalue weighted by Gasteiger charge is 2.21. The molecule has 0 aliphatic heterocycles. The van der Waals surface area contributed by atoms with Crippen molar-refractivity contribution in [2.75, 3.05) is 20.8 Å². The fraction of sp³-hybridized carbons (Fsp3) is 0.538. The highest BCUT2D eigenvalue weighted by molar-refractivity contribution is 7.16. The van der Waals surface area contributed by atoms with Gasteiger partial charge in [0.25, 0.3) is 0 Å². The van der Waals surface area contributed by atoms with Crippen molar-refractivity contribution in [2.45, 2.75) is 25.4 Å². The lowest BCUT2D eigenvalue weighted by atomic mass is 10.1. The molecule has 8 heteroatoms. The van der Waals surface area contributed by atoms with E-state index < -0.39 is 18.0 Å². The third kappa shape index (κ3) is 6.33. The van der Waals surface area contributed by atoms with Gasteiger partial charge >= 0.3 is 12.0 Å². The van der Waals surface area contributed by atoms with Gasteiger partial charge in [0.05, 0.1) is 10.9 Å². The summed E-state index contributed by atoms with van der Waals surface area (Å²) in [6, 6.07) is 2.26. The van der Waals surface area contributed by atoms with Gasteiger partial charge in [0.2, 0.25) is 0 Å². The number of carbonyl (C=O) groups is 2. The van der Waals surface area contributed by atoms with E-state index in [1.807, 2.05) is 6.07 Å². The van der Waals surface area contributed by atoms with Crippen LogP contribution in [-0.4, -0.2) is 48.8 Å². The maximum absolute atomic E-state index is 12.0. The molecule has 0 spiro atoms. The minimum Gasteiger partial charge on any atom is -0.480 e. The first-order valence-corrected chi connectivity index (χ1v) is 7.61. The monoisotopic (exact) mass is 334 g/mol. The number of carboxylic acid groups (broad SMARTS) is 1. The van der Waals surface area contributed by atoms with E-state index in [9.17, 15) is 9.59 Å². The number of hydrogen-bond donors (Lipinski definition) is 2. The van der Waals surface area contributed by atoms with Crippen LogP contribution < -0.4 is 5.32 Å². The maximum Gasteiger partial charge on any atom is 0.326 e. The number of ether oxygens (including phenoxy) is 1. The van der Waals surface area contributed by atoms with Crippen LogP contribution in [0, 0.1) is 0 Å². The van der Waals surface area contributed by atoms with Crippen molar-refractivity contribution in [3.8, 4) is 0 Å². The molecule has 0 bridgehead atoms. The van der Waals surface area contributed by atoms with Crippen LogP contribution in [0.25, 0.3) is 0 Å². The van der Waals surface area contributed by atoms with Crippen molar-refractivity contribution < 1.29 is 19.4 Å². The van der Waals surface area contributed by atoms with E-state index in [-0.39, 0.29) is 0 Å². The molecular weight excluding hydrogens is 316 g/mol. The Hall–Kier alpha value is -1.31. The first-order chi connectivity index (χ1) is 9.93. The van der Waals surface area contributed by atoms with Crippen molar-refractivity contribution in [1.29, 1.82) is 0 Å². The Morgan fingerprint density at radius 2 is 2.24 bits per heavy atom. The molecule has 1 atom stereocenters. The molecule has 1 rings (SSSR count). The summed E-state index contributed by atoms with van der Waals surface area (Å²) in [5, 5.41) is 11.6. The van der Waals surface area contributed by atoms with Gasteiger partial charge in [0, 0.05) is 25.6 Å². The minimum atomic E-state index is -1.05. The highest BCUT2D eigenvalue weighted by Crippen LogP contribution is 2.22. The molecule has 21 heavy (non-hydrogen) atoms. The Labute approximate surface area is 132 Å². The van der Waals surface area contributed by atoms with Gasteiger partial charge in [-0.15, -0.1) is 11.3 Å². The topological polar surface area (TPSA) is 78.9 Å². The van der Waals surface area contributed by atoms with Gasteiger partial charge in [-0.3, -0.25) is 0 Å². The van der Waals surface area contributed by atoms with Crippen LogP contribution >= 0.6 is 22.9 Å². The van der Waals surface area contributed by atoms with Crippen LogP contribution in [0.5, 0.6) is 0 Å². The van der Waals surface area contributed by atoms with Gasteiger partial charge in [-0.2, -0.15) is 0 Å². The van der Waals surface area contributed by atoms with Crippen LogP contribution in [0.4, 0.5) is 4.79 Å². The van der Waals surface area contributed by atoms with Crippen molar-refractivity contribution in [2.24, 2.45) is 0 Å². The lowest BCUT2D eigenvalue weighted by molar-refractivity contribution is -0.139. The maximum atomic E-state index is 12.0. The SMILES string of the molecule is COCCCC(NC(=O)N(C)Cc1ccc(Cl)s1)C(=O)O. The summed E-state index contributed by atoms with van der Waals surface area (Å²) in [5.41, 5.74) is 0. The molecule has 0 saturated heterocycles. The Morgan fingerprint density at radius 1 is 1.52 bits per heavy atom. The molecule has 6 nitrogen and oxygen atoms in total. The number of carboxylic acids is 1. The van der Waals surface area contributed by atoms with Crippen molar-refractivity contribution in [3.05, 3.63) is 21.3 Å². The summed E-state index contributed by atoms with van der Waals surface area (Å²) < 4.78 is 5.53. The van der Waals surface area contributed by atoms with Crippen molar-refractivity contribution in [3.63, 3.8) is 0 Å². The molecule has 1 aromatic heterocycles. The first kappa shape index (κ1) is 17.7. The zero-order chi connectivity index (χ0) is 15.8. The normalized spacial score (nSPS) is 12.0. The van der Waals surface area contributed by atoms with Gasteiger partial charge in [-0.1, -0.05) is 11.6 Å². The predicted octanol–water partition coefficient (Wildman–Crippen LogP) is 2.42. The molecule has 0 radical (unpaired) electrons. The molecule has 0 aliphatic carbocycles. The lowest BCUT2D eigenvalue weighted by Gasteiger charge is -2.21. The Morgan fingerprint density at radius 3 is 2.76 bits per heavy atom. The summed E-state index contributed by atoms with van der Waals surface area (Å²) in [7, 11) is 3.16. The number of urea groups is 1. The number of nitrogens with zero attached hydrogens (tertiary/aromatic N) is 1. The van der Waals surface area contributed by atoms with E-state index in [0.29, 0.717) is 30.3 Å². The fourth-order valence-corrected chi connectivity index (χ4v) is 2.83. The second-order valence-corrected chi connectivity index (χ2v) is 6.34. The number of halogens is 1. The van der Waals surface area contributed by atoms with Gasteiger partial charge in [0.1, 0.15) is 6.04 Å². The second kappa shape index (κ2) is 8.86. The molecule has 0 saturated carbocycles. The predicted molar refractivity (Wildman–Crippen MR) is 81.9 cm³/mol. The number of methoxy groups -OCH3 is 1. The molecule has 2 N–H and O–H groups in total. The van der Waals surface area contributed by atoms with Gasteiger partial charge in [-0.05, 0) is 25.0 Å². The second-order valence-electron chi connectivity index (χ2n) is 4.54. The van der Waals surface area contributed by atoms with Crippen LogP contribution in [0.1, 0.15) is 17.7 Å². The summed E-state index contributed by atoms with van der Waals surface area (Å²) in [5.74, 6) is -1.05. The Kier molecular flexibility index (Phi) is 7.49. The number of rotatable bonds is 8. The van der Waals surface area contributed by atoms with E-state index >= 15 is 0 Å². The molecule has 118 valence electrons. The van der Waals surface area contributed by atoms with E-state index in [0.717, 1.165) is 4.88 Å². The standard InChI is InChI=1S/C13H19ClN2O4S/c1-16(8-9-5-6-11(14)21-9)13(19)15-10(12(17)18)4-3-7-20-2/h5-6,10H,3-4,7-8H2,1-2H3,(H,15,19)(H,17,18). The quantitative estimate of drug-likeness (QED) is 0.716. The summed E-state index contributed by atoms with van der Waals surface area (Å²) in [6.45, 7) is 0.844. The van der Waals surface area contributed by atoms with Gasteiger partial charge in [0.15, 0.2) is 0 Å². The molecule has 1 aromatic rings. The van der Waals surface area contributed by atoms with E-state index in [2.05, 4.69) is 5.32 Å². The third-order valence-corrected chi connectivity index (χ3v) is 4.02. The molecule has 0 fully saturated rings. The number of carbonyl (C=O) groups excluding carboxylic acids is 1. The van der Waals surface area contributed by atoms with E-state index in [1.54, 1.807) is 20.2 Å². The summed E-state index contributed by atoms with van der Waals surface area (Å²) in [4.78, 5) is 25.5. The summed E-state index contributed by atoms with van der Waals surface area (Å²) >= 11 is 7.22. The Balaban J connectivity index is 2.49. The first-order valence-electron chi connectivity index (χ1n) is 6.41. The number of hydrogen-bond acceptors (Lipinski definition) is 4. The third-order valence-electron chi connectivity index (χ3n) is 2.81. The fourth-order valence-electron chi connectivity index (χ4n) is 1.69. The number of nitrogens with one attached hydrogen (secondary N) is 1. The average molecular weight is 335 g/mol. The zero-order valence-electron chi connectivity index (χ0n) is 12.0. The van der Waals surface area contributed by atoms with Crippen molar-refractivity contribution >= 4 is 34.9 Å².